The van der Waals surface area contributed by atoms with Crippen molar-refractivity contribution in [2.75, 3.05) is 25.9 Å². The number of benzene rings is 1. The van der Waals surface area contributed by atoms with Gasteiger partial charge in [0.25, 0.3) is 5.91 Å². The van der Waals surface area contributed by atoms with E-state index in [1.807, 2.05) is 31.2 Å². The molecule has 1 aromatic heterocycles. The van der Waals surface area contributed by atoms with Crippen molar-refractivity contribution in [1.82, 2.24) is 9.88 Å². The van der Waals surface area contributed by atoms with E-state index in [4.69, 9.17) is 10.5 Å². The number of amides is 1. The molecule has 1 heterocycles. The summed E-state index contributed by atoms with van der Waals surface area (Å²) in [5.74, 6) is 0.739. The van der Waals surface area contributed by atoms with Gasteiger partial charge in [-0.05, 0) is 31.5 Å². The molecule has 1 aromatic carbocycles. The molecule has 0 spiro atoms. The summed E-state index contributed by atoms with van der Waals surface area (Å²) in [6, 6.07) is 7.83. The first-order valence-electron chi connectivity index (χ1n) is 6.65. The van der Waals surface area contributed by atoms with Gasteiger partial charge in [0.15, 0.2) is 5.13 Å². The number of nitrogen functional groups attached to an aromatic ring is 1. The average molecular weight is 305 g/mol. The van der Waals surface area contributed by atoms with E-state index >= 15 is 0 Å². The number of hydrogen-bond acceptors (Lipinski definition) is 5. The number of nitrogens with zero attached hydrogens (tertiary/aromatic N) is 2. The lowest BCUT2D eigenvalue weighted by molar-refractivity contribution is 0.0777. The first-order valence-corrected chi connectivity index (χ1v) is 7.47. The molecule has 1 amide bonds. The molecule has 6 heteroatoms. The first-order chi connectivity index (χ1) is 9.97. The summed E-state index contributed by atoms with van der Waals surface area (Å²) in [7, 11) is 1.75. The quantitative estimate of drug-likeness (QED) is 0.921. The maximum atomic E-state index is 12.3. The standard InChI is InChI=1S/C15H19N3O2S/c1-10-5-4-6-12(9-10)20-8-7-18(3)14(19)13-11(2)17-15(16)21-13/h4-6,9H,7-8H2,1-3H3,(H2,16,17). The Hall–Kier alpha value is -2.08. The van der Waals surface area contributed by atoms with Crippen molar-refractivity contribution in [2.24, 2.45) is 0 Å². The molecular formula is C15H19N3O2S. The monoisotopic (exact) mass is 305 g/mol. The number of rotatable bonds is 5. The number of nitrogens with two attached hydrogens (primary N) is 1. The van der Waals surface area contributed by atoms with Gasteiger partial charge in [-0.3, -0.25) is 4.79 Å². The van der Waals surface area contributed by atoms with E-state index in [9.17, 15) is 4.79 Å². The second-order valence-electron chi connectivity index (χ2n) is 4.86. The van der Waals surface area contributed by atoms with Crippen LogP contribution in [0.2, 0.25) is 0 Å². The van der Waals surface area contributed by atoms with Crippen LogP contribution in [0.4, 0.5) is 5.13 Å². The van der Waals surface area contributed by atoms with Crippen molar-refractivity contribution in [2.45, 2.75) is 13.8 Å². The van der Waals surface area contributed by atoms with Crippen molar-refractivity contribution >= 4 is 22.4 Å². The van der Waals surface area contributed by atoms with E-state index < -0.39 is 0 Å². The van der Waals surface area contributed by atoms with Crippen molar-refractivity contribution in [3.8, 4) is 5.75 Å². The lowest BCUT2D eigenvalue weighted by Crippen LogP contribution is -2.30. The summed E-state index contributed by atoms with van der Waals surface area (Å²) in [4.78, 5) is 18.5. The Morgan fingerprint density at radius 2 is 2.19 bits per heavy atom. The highest BCUT2D eigenvalue weighted by Crippen LogP contribution is 2.21. The summed E-state index contributed by atoms with van der Waals surface area (Å²) >= 11 is 1.22. The molecule has 0 atom stereocenters. The third kappa shape index (κ3) is 3.95. The van der Waals surface area contributed by atoms with Crippen LogP contribution >= 0.6 is 11.3 Å². The summed E-state index contributed by atoms with van der Waals surface area (Å²) in [5, 5.41) is 0.417. The second kappa shape index (κ2) is 6.58. The van der Waals surface area contributed by atoms with Crippen molar-refractivity contribution in [1.29, 1.82) is 0 Å². The maximum absolute atomic E-state index is 12.3. The highest BCUT2D eigenvalue weighted by atomic mass is 32.1. The van der Waals surface area contributed by atoms with Gasteiger partial charge in [0.1, 0.15) is 17.2 Å². The minimum atomic E-state index is -0.0745. The number of carbonyl (C=O) groups is 1. The Morgan fingerprint density at radius 3 is 2.81 bits per heavy atom. The van der Waals surface area contributed by atoms with Crippen LogP contribution in [-0.2, 0) is 0 Å². The third-order valence-electron chi connectivity index (χ3n) is 3.04. The van der Waals surface area contributed by atoms with Gasteiger partial charge in [0.2, 0.25) is 0 Å². The predicted octanol–water partition coefficient (Wildman–Crippen LogP) is 2.49. The SMILES string of the molecule is Cc1cccc(OCCN(C)C(=O)c2sc(N)nc2C)c1. The van der Waals surface area contributed by atoms with E-state index in [0.29, 0.717) is 28.9 Å². The number of carbonyl (C=O) groups excluding carboxylic acids is 1. The van der Waals surface area contributed by atoms with Crippen molar-refractivity contribution in [3.05, 3.63) is 40.4 Å². The Morgan fingerprint density at radius 1 is 1.43 bits per heavy atom. The van der Waals surface area contributed by atoms with Gasteiger partial charge in [0, 0.05) is 7.05 Å². The fraction of sp³-hybridized carbons (Fsp3) is 0.333. The molecule has 0 aliphatic heterocycles. The van der Waals surface area contributed by atoms with Crippen LogP contribution in [0.25, 0.3) is 0 Å². The molecule has 112 valence electrons. The van der Waals surface area contributed by atoms with Gasteiger partial charge in [-0.2, -0.15) is 0 Å². The highest BCUT2D eigenvalue weighted by molar-refractivity contribution is 7.17. The van der Waals surface area contributed by atoms with Gasteiger partial charge in [0.05, 0.1) is 12.2 Å². The van der Waals surface area contributed by atoms with E-state index in [2.05, 4.69) is 4.98 Å². The van der Waals surface area contributed by atoms with Crippen LogP contribution < -0.4 is 10.5 Å². The molecule has 0 radical (unpaired) electrons. The summed E-state index contributed by atoms with van der Waals surface area (Å²) in [6.07, 6.45) is 0. The van der Waals surface area contributed by atoms with Crippen LogP contribution in [0.5, 0.6) is 5.75 Å². The molecule has 0 fully saturated rings. The lowest BCUT2D eigenvalue weighted by atomic mass is 10.2. The fourth-order valence-electron chi connectivity index (χ4n) is 1.90. The van der Waals surface area contributed by atoms with Crippen LogP contribution in [0.1, 0.15) is 20.9 Å². The molecule has 0 unspecified atom stereocenters. The zero-order valence-corrected chi connectivity index (χ0v) is 13.2. The lowest BCUT2D eigenvalue weighted by Gasteiger charge is -2.17. The number of thiazole rings is 1. The van der Waals surface area contributed by atoms with Gasteiger partial charge in [-0.15, -0.1) is 0 Å². The maximum Gasteiger partial charge on any atom is 0.265 e. The van der Waals surface area contributed by atoms with Crippen LogP contribution in [0, 0.1) is 13.8 Å². The van der Waals surface area contributed by atoms with Gasteiger partial charge >= 0.3 is 0 Å². The van der Waals surface area contributed by atoms with E-state index in [-0.39, 0.29) is 5.91 Å². The minimum Gasteiger partial charge on any atom is -0.492 e. The fourth-order valence-corrected chi connectivity index (χ4v) is 2.72. The Labute approximate surface area is 128 Å². The molecule has 0 bridgehead atoms. The molecule has 5 nitrogen and oxygen atoms in total. The molecule has 0 aliphatic rings. The molecule has 0 aliphatic carbocycles. The van der Waals surface area contributed by atoms with Crippen LogP contribution in [-0.4, -0.2) is 36.0 Å². The first kappa shape index (κ1) is 15.3. The van der Waals surface area contributed by atoms with Gasteiger partial charge < -0.3 is 15.4 Å². The largest absolute Gasteiger partial charge is 0.492 e. The molecule has 2 rings (SSSR count). The third-order valence-corrected chi connectivity index (χ3v) is 4.01. The van der Waals surface area contributed by atoms with Gasteiger partial charge in [-0.25, -0.2) is 4.98 Å². The van der Waals surface area contributed by atoms with E-state index in [1.165, 1.54) is 11.3 Å². The number of hydrogen-bond donors (Lipinski definition) is 1. The number of likely N-dealkylation sites (N-methyl/N-ethyl adjacent to an activating group) is 1. The minimum absolute atomic E-state index is 0.0745. The normalized spacial score (nSPS) is 10.4. The zero-order valence-electron chi connectivity index (χ0n) is 12.4. The zero-order chi connectivity index (χ0) is 15.4. The Bertz CT molecular complexity index is 640. The van der Waals surface area contributed by atoms with E-state index in [0.717, 1.165) is 11.3 Å². The molecule has 2 N–H and O–H groups in total. The smallest absolute Gasteiger partial charge is 0.265 e. The van der Waals surface area contributed by atoms with Crippen molar-refractivity contribution in [3.63, 3.8) is 0 Å². The number of aryl methyl sites for hydroxylation is 2. The van der Waals surface area contributed by atoms with Crippen LogP contribution in [0.15, 0.2) is 24.3 Å². The molecule has 21 heavy (non-hydrogen) atoms. The van der Waals surface area contributed by atoms with Crippen LogP contribution in [0.3, 0.4) is 0 Å². The second-order valence-corrected chi connectivity index (χ2v) is 5.89. The molecule has 0 saturated heterocycles. The topological polar surface area (TPSA) is 68.5 Å². The van der Waals surface area contributed by atoms with Crippen molar-refractivity contribution < 1.29 is 9.53 Å². The number of anilines is 1. The molecule has 2 aromatic rings. The molecular weight excluding hydrogens is 286 g/mol. The predicted molar refractivity (Wildman–Crippen MR) is 84.9 cm³/mol. The summed E-state index contributed by atoms with van der Waals surface area (Å²) in [5.41, 5.74) is 7.44. The Kier molecular flexibility index (Phi) is 4.80. The number of aromatic nitrogens is 1. The number of ether oxygens (including phenoxy) is 1. The van der Waals surface area contributed by atoms with Gasteiger partial charge in [-0.1, -0.05) is 23.5 Å². The highest BCUT2D eigenvalue weighted by Gasteiger charge is 2.18. The summed E-state index contributed by atoms with van der Waals surface area (Å²) in [6.45, 7) is 4.75. The Balaban J connectivity index is 1.88. The summed E-state index contributed by atoms with van der Waals surface area (Å²) < 4.78 is 5.65. The molecule has 0 saturated carbocycles. The van der Waals surface area contributed by atoms with E-state index in [1.54, 1.807) is 18.9 Å². The average Bonchev–Trinajstić information content (AvgIpc) is 2.77.